The van der Waals surface area contributed by atoms with Crippen LogP contribution in [0.3, 0.4) is 0 Å². The third-order valence-corrected chi connectivity index (χ3v) is 4.41. The first-order valence-electron chi connectivity index (χ1n) is 10.8. The Hall–Kier alpha value is -1.26. The first-order valence-corrected chi connectivity index (χ1v) is 10.8. The molecule has 0 aromatic carbocycles. The summed E-state index contributed by atoms with van der Waals surface area (Å²) >= 11 is 0. The minimum atomic E-state index is -0.682. The quantitative estimate of drug-likeness (QED) is 0.246. The number of hydrogen-bond donors (Lipinski definition) is 1. The highest BCUT2D eigenvalue weighted by atomic mass is 16.7. The standard InChI is InChI=1S/C21H41NO4/c1-3-5-6-7-8-9-10-11-12-13-14-15-16-17-20(23)22-18-19-26-21(24)25-4-2/h3-19H2,1-2H3,(H,22,23). The van der Waals surface area contributed by atoms with Crippen LogP contribution < -0.4 is 5.32 Å². The second-order valence-electron chi connectivity index (χ2n) is 6.87. The summed E-state index contributed by atoms with van der Waals surface area (Å²) in [5, 5.41) is 2.75. The maximum Gasteiger partial charge on any atom is 0.508 e. The second kappa shape index (κ2) is 20.1. The predicted octanol–water partition coefficient (Wildman–Crippen LogP) is 5.76. The Labute approximate surface area is 160 Å². The van der Waals surface area contributed by atoms with Crippen molar-refractivity contribution in [3.63, 3.8) is 0 Å². The summed E-state index contributed by atoms with van der Waals surface area (Å²) in [5.74, 6) is 0.0283. The molecule has 0 fully saturated rings. The Kier molecular flexibility index (Phi) is 19.1. The van der Waals surface area contributed by atoms with E-state index < -0.39 is 6.16 Å². The molecule has 0 atom stereocenters. The van der Waals surface area contributed by atoms with Gasteiger partial charge < -0.3 is 14.8 Å². The summed E-state index contributed by atoms with van der Waals surface area (Å²) in [4.78, 5) is 22.6. The van der Waals surface area contributed by atoms with Crippen LogP contribution in [0.25, 0.3) is 0 Å². The Morgan fingerprint density at radius 1 is 0.692 bits per heavy atom. The molecule has 0 aromatic heterocycles. The molecule has 0 aliphatic carbocycles. The van der Waals surface area contributed by atoms with Crippen LogP contribution in [-0.4, -0.2) is 31.8 Å². The number of carbonyl (C=O) groups is 2. The lowest BCUT2D eigenvalue weighted by Crippen LogP contribution is -2.27. The number of ether oxygens (including phenoxy) is 2. The molecule has 0 heterocycles. The van der Waals surface area contributed by atoms with Crippen molar-refractivity contribution in [3.05, 3.63) is 0 Å². The zero-order chi connectivity index (χ0) is 19.3. The van der Waals surface area contributed by atoms with Crippen LogP contribution >= 0.6 is 0 Å². The molecule has 0 aliphatic rings. The zero-order valence-corrected chi connectivity index (χ0v) is 17.2. The molecule has 0 spiro atoms. The van der Waals surface area contributed by atoms with Crippen LogP contribution in [-0.2, 0) is 14.3 Å². The Bertz CT molecular complexity index is 334. The molecule has 1 amide bonds. The highest BCUT2D eigenvalue weighted by Crippen LogP contribution is 2.12. The van der Waals surface area contributed by atoms with Crippen molar-refractivity contribution in [2.75, 3.05) is 19.8 Å². The molecule has 5 heteroatoms. The van der Waals surface area contributed by atoms with Gasteiger partial charge in [-0.25, -0.2) is 4.79 Å². The molecule has 0 radical (unpaired) electrons. The fraction of sp³-hybridized carbons (Fsp3) is 0.905. The second-order valence-corrected chi connectivity index (χ2v) is 6.87. The number of hydrogen-bond acceptors (Lipinski definition) is 4. The summed E-state index contributed by atoms with van der Waals surface area (Å²) in [6, 6.07) is 0. The van der Waals surface area contributed by atoms with Gasteiger partial charge in [0, 0.05) is 6.42 Å². The van der Waals surface area contributed by atoms with Gasteiger partial charge in [0.25, 0.3) is 0 Å². The average Bonchev–Trinajstić information content (AvgIpc) is 2.63. The fourth-order valence-corrected chi connectivity index (χ4v) is 2.88. The van der Waals surface area contributed by atoms with Crippen LogP contribution in [0.4, 0.5) is 4.79 Å². The minimum absolute atomic E-state index is 0.0283. The summed E-state index contributed by atoms with van der Waals surface area (Å²) in [6.07, 6.45) is 16.8. The first-order chi connectivity index (χ1) is 12.7. The normalized spacial score (nSPS) is 10.5. The van der Waals surface area contributed by atoms with E-state index in [0.717, 1.165) is 12.8 Å². The van der Waals surface area contributed by atoms with E-state index in [2.05, 4.69) is 17.0 Å². The largest absolute Gasteiger partial charge is 0.508 e. The van der Waals surface area contributed by atoms with E-state index in [0.29, 0.717) is 19.6 Å². The molecule has 26 heavy (non-hydrogen) atoms. The van der Waals surface area contributed by atoms with E-state index >= 15 is 0 Å². The highest BCUT2D eigenvalue weighted by molar-refractivity contribution is 5.75. The van der Waals surface area contributed by atoms with Crippen molar-refractivity contribution in [3.8, 4) is 0 Å². The minimum Gasteiger partial charge on any atom is -0.435 e. The van der Waals surface area contributed by atoms with Gasteiger partial charge in [-0.3, -0.25) is 4.79 Å². The fourth-order valence-electron chi connectivity index (χ4n) is 2.88. The molecule has 0 aliphatic heterocycles. The molecule has 1 N–H and O–H groups in total. The summed E-state index contributed by atoms with van der Waals surface area (Å²) in [5.41, 5.74) is 0. The molecule has 0 rings (SSSR count). The number of unbranched alkanes of at least 4 members (excludes halogenated alkanes) is 12. The Morgan fingerprint density at radius 3 is 1.69 bits per heavy atom. The molecule has 0 unspecified atom stereocenters. The van der Waals surface area contributed by atoms with Crippen molar-refractivity contribution in [1.82, 2.24) is 5.32 Å². The molecule has 0 aromatic rings. The van der Waals surface area contributed by atoms with E-state index in [1.165, 1.54) is 70.6 Å². The van der Waals surface area contributed by atoms with Crippen molar-refractivity contribution in [1.29, 1.82) is 0 Å². The third kappa shape index (κ3) is 19.1. The van der Waals surface area contributed by atoms with Crippen molar-refractivity contribution < 1.29 is 19.1 Å². The molecule has 0 bridgehead atoms. The highest BCUT2D eigenvalue weighted by Gasteiger charge is 2.03. The predicted molar refractivity (Wildman–Crippen MR) is 106 cm³/mol. The smallest absolute Gasteiger partial charge is 0.435 e. The molecule has 0 saturated heterocycles. The van der Waals surface area contributed by atoms with Gasteiger partial charge in [0.1, 0.15) is 6.61 Å². The third-order valence-electron chi connectivity index (χ3n) is 4.41. The van der Waals surface area contributed by atoms with Crippen LogP contribution in [0.15, 0.2) is 0 Å². The molecular weight excluding hydrogens is 330 g/mol. The van der Waals surface area contributed by atoms with Gasteiger partial charge in [0.2, 0.25) is 5.91 Å². The maximum atomic E-state index is 11.6. The molecule has 5 nitrogen and oxygen atoms in total. The lowest BCUT2D eigenvalue weighted by atomic mass is 10.0. The number of rotatable bonds is 18. The summed E-state index contributed by atoms with van der Waals surface area (Å²) < 4.78 is 9.41. The monoisotopic (exact) mass is 371 g/mol. The van der Waals surface area contributed by atoms with Crippen LogP contribution in [0.1, 0.15) is 104 Å². The zero-order valence-electron chi connectivity index (χ0n) is 17.2. The van der Waals surface area contributed by atoms with Gasteiger partial charge in [-0.1, -0.05) is 84.0 Å². The Morgan fingerprint density at radius 2 is 1.19 bits per heavy atom. The molecular formula is C21H41NO4. The topological polar surface area (TPSA) is 64.6 Å². The summed E-state index contributed by atoms with van der Waals surface area (Å²) in [6.45, 7) is 4.78. The molecule has 154 valence electrons. The van der Waals surface area contributed by atoms with Gasteiger partial charge in [-0.05, 0) is 13.3 Å². The van der Waals surface area contributed by atoms with E-state index in [9.17, 15) is 9.59 Å². The van der Waals surface area contributed by atoms with Gasteiger partial charge in [0.05, 0.1) is 13.2 Å². The van der Waals surface area contributed by atoms with Gasteiger partial charge in [-0.2, -0.15) is 0 Å². The van der Waals surface area contributed by atoms with E-state index in [-0.39, 0.29) is 12.5 Å². The lowest BCUT2D eigenvalue weighted by Gasteiger charge is -2.06. The maximum absolute atomic E-state index is 11.6. The number of carbonyl (C=O) groups excluding carboxylic acids is 2. The van der Waals surface area contributed by atoms with Crippen molar-refractivity contribution in [2.24, 2.45) is 0 Å². The van der Waals surface area contributed by atoms with Crippen molar-refractivity contribution in [2.45, 2.75) is 104 Å². The van der Waals surface area contributed by atoms with Gasteiger partial charge in [0.15, 0.2) is 0 Å². The van der Waals surface area contributed by atoms with E-state index in [4.69, 9.17) is 4.74 Å². The van der Waals surface area contributed by atoms with E-state index in [1.54, 1.807) is 6.92 Å². The van der Waals surface area contributed by atoms with Crippen LogP contribution in [0, 0.1) is 0 Å². The van der Waals surface area contributed by atoms with Gasteiger partial charge in [-0.15, -0.1) is 0 Å². The SMILES string of the molecule is CCCCCCCCCCCCCCCC(=O)NCCOC(=O)OCC. The van der Waals surface area contributed by atoms with Gasteiger partial charge >= 0.3 is 6.16 Å². The first kappa shape index (κ1) is 24.7. The lowest BCUT2D eigenvalue weighted by molar-refractivity contribution is -0.121. The Balaban J connectivity index is 3.20. The van der Waals surface area contributed by atoms with Crippen molar-refractivity contribution >= 4 is 12.1 Å². The van der Waals surface area contributed by atoms with E-state index in [1.807, 2.05) is 0 Å². The summed E-state index contributed by atoms with van der Waals surface area (Å²) in [7, 11) is 0. The molecule has 0 saturated carbocycles. The van der Waals surface area contributed by atoms with Crippen LogP contribution in [0.2, 0.25) is 0 Å². The number of amides is 1. The van der Waals surface area contributed by atoms with Crippen LogP contribution in [0.5, 0.6) is 0 Å². The average molecular weight is 372 g/mol. The number of nitrogens with one attached hydrogen (secondary N) is 1.